The Morgan fingerprint density at radius 3 is 2.72 bits per heavy atom. The van der Waals surface area contributed by atoms with Crippen molar-refractivity contribution in [3.8, 4) is 5.75 Å². The first kappa shape index (κ1) is 20.2. The van der Waals surface area contributed by atoms with Gasteiger partial charge in [0.2, 0.25) is 0 Å². The van der Waals surface area contributed by atoms with Crippen LogP contribution in [-0.2, 0) is 4.79 Å². The minimum absolute atomic E-state index is 0.133. The predicted molar refractivity (Wildman–Crippen MR) is 124 cm³/mol. The maximum Gasteiger partial charge on any atom is 0.271 e. The highest BCUT2D eigenvalue weighted by atomic mass is 32.1. The molecule has 0 radical (unpaired) electrons. The number of fused-ring (bicyclic) bond motifs is 2. The number of furan rings is 1. The zero-order chi connectivity index (χ0) is 22.4. The topological polar surface area (TPSA) is 73.8 Å². The van der Waals surface area contributed by atoms with E-state index >= 15 is 0 Å². The van der Waals surface area contributed by atoms with Crippen LogP contribution >= 0.6 is 11.3 Å². The van der Waals surface area contributed by atoms with E-state index < -0.39 is 6.04 Å². The van der Waals surface area contributed by atoms with E-state index in [1.165, 1.54) is 18.3 Å². The number of nitrogens with zero attached hydrogens (tertiary/aromatic N) is 2. The molecule has 1 aliphatic rings. The molecule has 1 aliphatic heterocycles. The molecule has 2 aromatic heterocycles. The zero-order valence-electron chi connectivity index (χ0n) is 17.8. The van der Waals surface area contributed by atoms with Gasteiger partial charge in [0.05, 0.1) is 23.9 Å². The molecule has 32 heavy (non-hydrogen) atoms. The number of Topliss-reactive ketones (excluding diaryl/α,β-unsaturated/α-hetero) is 1. The number of carbonyl (C=O) groups excluding carboxylic acids is 1. The average molecular weight is 445 g/mol. The Labute approximate surface area is 187 Å². The molecular formula is C25H20N2O4S. The molecule has 7 heteroatoms. The lowest BCUT2D eigenvalue weighted by molar-refractivity contribution is -0.114. The molecule has 1 unspecified atom stereocenters. The van der Waals surface area contributed by atoms with Gasteiger partial charge < -0.3 is 9.15 Å². The zero-order valence-corrected chi connectivity index (χ0v) is 18.6. The van der Waals surface area contributed by atoms with Crippen molar-refractivity contribution in [3.63, 3.8) is 0 Å². The molecule has 0 spiro atoms. The lowest BCUT2D eigenvalue weighted by Crippen LogP contribution is -2.39. The monoisotopic (exact) mass is 444 g/mol. The standard InChI is InChI=1S/C25H20N2O4S/c1-14-21(15(2)28)23(22-18-9-5-4-7-16(18)10-11-19(22)30-3)27-24(29)20(32-25(27)26-14)13-17-8-6-12-31-17/h4-13,23H,1-3H3/b20-13+. The Balaban J connectivity index is 1.89. The molecule has 0 saturated carbocycles. The summed E-state index contributed by atoms with van der Waals surface area (Å²) in [6.07, 6.45) is 3.26. The molecule has 5 rings (SSSR count). The van der Waals surface area contributed by atoms with Crippen LogP contribution in [0.5, 0.6) is 5.75 Å². The fraction of sp³-hybridized carbons (Fsp3) is 0.160. The number of thiazole rings is 1. The molecule has 0 saturated heterocycles. The molecule has 0 amide bonds. The van der Waals surface area contributed by atoms with Crippen molar-refractivity contribution in [1.82, 2.24) is 4.57 Å². The summed E-state index contributed by atoms with van der Waals surface area (Å²) in [5.41, 5.74) is 1.63. The summed E-state index contributed by atoms with van der Waals surface area (Å²) in [6, 6.07) is 14.6. The SMILES string of the molecule is COc1ccc2ccccc2c1C1C(C(C)=O)=C(C)N=c2s/c(=C/c3ccco3)c(=O)n21. The van der Waals surface area contributed by atoms with E-state index in [2.05, 4.69) is 4.99 Å². The van der Waals surface area contributed by atoms with Gasteiger partial charge in [-0.15, -0.1) is 0 Å². The van der Waals surface area contributed by atoms with Crippen LogP contribution in [0.2, 0.25) is 0 Å². The van der Waals surface area contributed by atoms with E-state index in [0.717, 1.165) is 16.3 Å². The Kier molecular flexibility index (Phi) is 4.90. The van der Waals surface area contributed by atoms with Crippen LogP contribution in [0.3, 0.4) is 0 Å². The Bertz CT molecular complexity index is 1570. The largest absolute Gasteiger partial charge is 0.496 e. The number of ketones is 1. The summed E-state index contributed by atoms with van der Waals surface area (Å²) in [5, 5.41) is 1.92. The van der Waals surface area contributed by atoms with Crippen LogP contribution < -0.4 is 19.6 Å². The van der Waals surface area contributed by atoms with Gasteiger partial charge in [-0.3, -0.25) is 14.2 Å². The van der Waals surface area contributed by atoms with Crippen LogP contribution in [0, 0.1) is 0 Å². The second-order valence-electron chi connectivity index (χ2n) is 7.56. The predicted octanol–water partition coefficient (Wildman–Crippen LogP) is 3.58. The van der Waals surface area contributed by atoms with Gasteiger partial charge in [-0.05, 0) is 42.8 Å². The van der Waals surface area contributed by atoms with Crippen LogP contribution in [0.15, 0.2) is 80.3 Å². The molecule has 0 bridgehead atoms. The lowest BCUT2D eigenvalue weighted by atomic mass is 9.89. The molecule has 160 valence electrons. The third-order valence-electron chi connectivity index (χ3n) is 5.64. The smallest absolute Gasteiger partial charge is 0.271 e. The molecule has 1 atom stereocenters. The third-order valence-corrected chi connectivity index (χ3v) is 6.62. The van der Waals surface area contributed by atoms with Crippen molar-refractivity contribution in [2.24, 2.45) is 4.99 Å². The second kappa shape index (κ2) is 7.76. The number of allylic oxidation sites excluding steroid dienone is 2. The van der Waals surface area contributed by atoms with Crippen molar-refractivity contribution < 1.29 is 13.9 Å². The first-order valence-electron chi connectivity index (χ1n) is 10.1. The number of carbonyl (C=O) groups is 1. The van der Waals surface area contributed by atoms with Gasteiger partial charge in [-0.25, -0.2) is 4.99 Å². The summed E-state index contributed by atoms with van der Waals surface area (Å²) in [5.74, 6) is 1.06. The minimum Gasteiger partial charge on any atom is -0.496 e. The van der Waals surface area contributed by atoms with Crippen LogP contribution in [-0.4, -0.2) is 17.5 Å². The average Bonchev–Trinajstić information content (AvgIpc) is 3.40. The van der Waals surface area contributed by atoms with E-state index in [0.29, 0.717) is 32.1 Å². The van der Waals surface area contributed by atoms with Crippen molar-refractivity contribution in [2.75, 3.05) is 7.11 Å². The molecule has 0 N–H and O–H groups in total. The van der Waals surface area contributed by atoms with Gasteiger partial charge >= 0.3 is 0 Å². The van der Waals surface area contributed by atoms with Gasteiger partial charge in [0, 0.05) is 22.9 Å². The number of methoxy groups -OCH3 is 1. The van der Waals surface area contributed by atoms with Gasteiger partial charge in [0.15, 0.2) is 10.6 Å². The molecule has 4 aromatic rings. The molecule has 3 heterocycles. The van der Waals surface area contributed by atoms with Crippen molar-refractivity contribution in [3.05, 3.63) is 97.1 Å². The number of rotatable bonds is 4. The summed E-state index contributed by atoms with van der Waals surface area (Å²) in [6.45, 7) is 3.32. The first-order chi connectivity index (χ1) is 15.5. The second-order valence-corrected chi connectivity index (χ2v) is 8.57. The van der Waals surface area contributed by atoms with Gasteiger partial charge in [-0.1, -0.05) is 41.7 Å². The quantitative estimate of drug-likeness (QED) is 0.482. The third kappa shape index (κ3) is 3.13. The Morgan fingerprint density at radius 1 is 1.19 bits per heavy atom. The van der Waals surface area contributed by atoms with Crippen molar-refractivity contribution in [1.29, 1.82) is 0 Å². The summed E-state index contributed by atoms with van der Waals surface area (Å²) in [4.78, 5) is 31.6. The molecule has 0 fully saturated rings. The minimum atomic E-state index is -0.649. The maximum absolute atomic E-state index is 13.6. The number of hydrogen-bond donors (Lipinski definition) is 0. The van der Waals surface area contributed by atoms with Crippen LogP contribution in [0.1, 0.15) is 31.2 Å². The highest BCUT2D eigenvalue weighted by molar-refractivity contribution is 7.07. The normalized spacial score (nSPS) is 16.2. The van der Waals surface area contributed by atoms with E-state index in [9.17, 15) is 9.59 Å². The summed E-state index contributed by atoms with van der Waals surface area (Å²) in [7, 11) is 1.60. The molecular weight excluding hydrogens is 424 g/mol. The van der Waals surface area contributed by atoms with Gasteiger partial charge in [0.25, 0.3) is 5.56 Å². The Hall–Kier alpha value is -3.71. The number of hydrogen-bond acceptors (Lipinski definition) is 6. The maximum atomic E-state index is 13.6. The summed E-state index contributed by atoms with van der Waals surface area (Å²) < 4.78 is 13.2. The molecule has 2 aromatic carbocycles. The number of ether oxygens (including phenoxy) is 1. The van der Waals surface area contributed by atoms with Crippen LogP contribution in [0.4, 0.5) is 0 Å². The molecule has 0 aliphatic carbocycles. The van der Waals surface area contributed by atoms with Crippen LogP contribution in [0.25, 0.3) is 16.8 Å². The number of benzene rings is 2. The number of aromatic nitrogens is 1. The van der Waals surface area contributed by atoms with E-state index in [1.54, 1.807) is 36.1 Å². The van der Waals surface area contributed by atoms with Crippen molar-refractivity contribution in [2.45, 2.75) is 19.9 Å². The fourth-order valence-corrected chi connectivity index (χ4v) is 5.31. The van der Waals surface area contributed by atoms with Crippen molar-refractivity contribution >= 4 is 34.0 Å². The van der Waals surface area contributed by atoms with Gasteiger partial charge in [-0.2, -0.15) is 0 Å². The first-order valence-corrected chi connectivity index (χ1v) is 10.9. The highest BCUT2D eigenvalue weighted by Crippen LogP contribution is 2.40. The lowest BCUT2D eigenvalue weighted by Gasteiger charge is -2.27. The molecule has 6 nitrogen and oxygen atoms in total. The highest BCUT2D eigenvalue weighted by Gasteiger charge is 2.33. The van der Waals surface area contributed by atoms with E-state index in [-0.39, 0.29) is 11.3 Å². The Morgan fingerprint density at radius 2 is 2.00 bits per heavy atom. The van der Waals surface area contributed by atoms with E-state index in [1.807, 2.05) is 43.3 Å². The fourth-order valence-electron chi connectivity index (χ4n) is 4.28. The van der Waals surface area contributed by atoms with Gasteiger partial charge in [0.1, 0.15) is 11.5 Å². The summed E-state index contributed by atoms with van der Waals surface area (Å²) >= 11 is 1.28. The van der Waals surface area contributed by atoms with E-state index in [4.69, 9.17) is 9.15 Å².